The second-order valence-electron chi connectivity index (χ2n) is 3.81. The third-order valence-corrected chi connectivity index (χ3v) is 4.04. The summed E-state index contributed by atoms with van der Waals surface area (Å²) < 4.78 is 5.01. The molecule has 0 aliphatic heterocycles. The van der Waals surface area contributed by atoms with Crippen LogP contribution in [0.15, 0.2) is 0 Å². The number of ether oxygens (including phenoxy) is 1. The van der Waals surface area contributed by atoms with Crippen molar-refractivity contribution >= 4 is 11.8 Å². The van der Waals surface area contributed by atoms with Crippen molar-refractivity contribution in [2.24, 2.45) is 5.73 Å². The molecule has 0 bridgehead atoms. The molecule has 1 unspecified atom stereocenters. The van der Waals surface area contributed by atoms with Crippen LogP contribution in [0.25, 0.3) is 0 Å². The SMILES string of the molecule is COCC(N)CSC1CCCCC1. The molecule has 13 heavy (non-hydrogen) atoms. The molecule has 1 atom stereocenters. The molecule has 0 radical (unpaired) electrons. The average Bonchev–Trinajstić information content (AvgIpc) is 2.17. The summed E-state index contributed by atoms with van der Waals surface area (Å²) in [7, 11) is 1.71. The lowest BCUT2D eigenvalue weighted by Crippen LogP contribution is -2.29. The van der Waals surface area contributed by atoms with Crippen LogP contribution in [-0.2, 0) is 4.74 Å². The average molecular weight is 203 g/mol. The maximum absolute atomic E-state index is 5.86. The number of hydrogen-bond donors (Lipinski definition) is 1. The standard InChI is InChI=1S/C10H21NOS/c1-12-7-9(11)8-13-10-5-3-2-4-6-10/h9-10H,2-8,11H2,1H3. The highest BCUT2D eigenvalue weighted by Crippen LogP contribution is 2.28. The number of nitrogens with two attached hydrogens (primary N) is 1. The number of methoxy groups -OCH3 is 1. The fraction of sp³-hybridized carbons (Fsp3) is 1.00. The van der Waals surface area contributed by atoms with Gasteiger partial charge in [0.05, 0.1) is 6.61 Å². The summed E-state index contributed by atoms with van der Waals surface area (Å²) in [5, 5.41) is 0.872. The van der Waals surface area contributed by atoms with Crippen LogP contribution < -0.4 is 5.73 Å². The molecule has 0 amide bonds. The summed E-state index contributed by atoms with van der Waals surface area (Å²) in [5.74, 6) is 1.05. The molecule has 3 heteroatoms. The molecular weight excluding hydrogens is 182 g/mol. The van der Waals surface area contributed by atoms with E-state index in [0.717, 1.165) is 11.0 Å². The van der Waals surface area contributed by atoms with E-state index < -0.39 is 0 Å². The molecule has 1 rings (SSSR count). The first kappa shape index (κ1) is 11.3. The Balaban J connectivity index is 2.03. The summed E-state index contributed by atoms with van der Waals surface area (Å²) in [6.07, 6.45) is 7.05. The maximum atomic E-state index is 5.86. The Morgan fingerprint density at radius 1 is 1.38 bits per heavy atom. The zero-order valence-corrected chi connectivity index (χ0v) is 9.31. The predicted octanol–water partition coefficient (Wildman–Crippen LogP) is 2.03. The molecule has 0 aromatic heterocycles. The van der Waals surface area contributed by atoms with Gasteiger partial charge >= 0.3 is 0 Å². The normalized spacial score (nSPS) is 21.7. The Kier molecular flexibility index (Phi) is 5.83. The van der Waals surface area contributed by atoms with Gasteiger partial charge in [0.2, 0.25) is 0 Å². The molecule has 1 aliphatic carbocycles. The monoisotopic (exact) mass is 203 g/mol. The minimum Gasteiger partial charge on any atom is -0.383 e. The van der Waals surface area contributed by atoms with Gasteiger partial charge in [-0.1, -0.05) is 19.3 Å². The van der Waals surface area contributed by atoms with Crippen molar-refractivity contribution < 1.29 is 4.74 Å². The summed E-state index contributed by atoms with van der Waals surface area (Å²) >= 11 is 2.04. The van der Waals surface area contributed by atoms with Crippen molar-refractivity contribution in [2.75, 3.05) is 19.5 Å². The number of thioether (sulfide) groups is 1. The Hall–Kier alpha value is 0.270. The van der Waals surface area contributed by atoms with Crippen molar-refractivity contribution in [3.8, 4) is 0 Å². The quantitative estimate of drug-likeness (QED) is 0.742. The first-order valence-corrected chi connectivity index (χ1v) is 6.24. The minimum absolute atomic E-state index is 0.219. The van der Waals surface area contributed by atoms with Crippen molar-refractivity contribution in [3.63, 3.8) is 0 Å². The van der Waals surface area contributed by atoms with Gasteiger partial charge in [-0.3, -0.25) is 0 Å². The number of rotatable bonds is 5. The third-order valence-electron chi connectivity index (χ3n) is 2.48. The van der Waals surface area contributed by atoms with Crippen LogP contribution in [0.1, 0.15) is 32.1 Å². The van der Waals surface area contributed by atoms with Gasteiger partial charge < -0.3 is 10.5 Å². The number of hydrogen-bond acceptors (Lipinski definition) is 3. The fourth-order valence-corrected chi connectivity index (χ4v) is 3.04. The van der Waals surface area contributed by atoms with Gasteiger partial charge in [-0.2, -0.15) is 11.8 Å². The van der Waals surface area contributed by atoms with E-state index in [9.17, 15) is 0 Å². The fourth-order valence-electron chi connectivity index (χ4n) is 1.75. The third kappa shape index (κ3) is 4.89. The van der Waals surface area contributed by atoms with E-state index in [1.165, 1.54) is 32.1 Å². The van der Waals surface area contributed by atoms with Crippen LogP contribution in [0.2, 0.25) is 0 Å². The lowest BCUT2D eigenvalue weighted by atomic mass is 10.0. The highest BCUT2D eigenvalue weighted by molar-refractivity contribution is 7.99. The minimum atomic E-state index is 0.219. The van der Waals surface area contributed by atoms with Crippen molar-refractivity contribution in [2.45, 2.75) is 43.4 Å². The zero-order chi connectivity index (χ0) is 9.52. The van der Waals surface area contributed by atoms with E-state index in [-0.39, 0.29) is 6.04 Å². The molecule has 0 aromatic carbocycles. The maximum Gasteiger partial charge on any atom is 0.0621 e. The van der Waals surface area contributed by atoms with Gasteiger partial charge in [-0.15, -0.1) is 0 Å². The molecule has 0 heterocycles. The first-order valence-electron chi connectivity index (χ1n) is 5.19. The van der Waals surface area contributed by atoms with Crippen molar-refractivity contribution in [3.05, 3.63) is 0 Å². The largest absolute Gasteiger partial charge is 0.383 e. The molecule has 0 saturated heterocycles. The summed E-state index contributed by atoms with van der Waals surface area (Å²) in [6.45, 7) is 0.694. The summed E-state index contributed by atoms with van der Waals surface area (Å²) in [6, 6.07) is 0.219. The van der Waals surface area contributed by atoms with Crippen LogP contribution in [0.4, 0.5) is 0 Å². The van der Waals surface area contributed by atoms with E-state index in [1.807, 2.05) is 11.8 Å². The van der Waals surface area contributed by atoms with E-state index in [0.29, 0.717) is 6.61 Å². The molecule has 1 aliphatic rings. The molecule has 2 N–H and O–H groups in total. The first-order chi connectivity index (χ1) is 6.33. The second-order valence-corrected chi connectivity index (χ2v) is 5.14. The van der Waals surface area contributed by atoms with E-state index >= 15 is 0 Å². The van der Waals surface area contributed by atoms with E-state index in [2.05, 4.69) is 0 Å². The molecule has 1 saturated carbocycles. The molecule has 0 spiro atoms. The highest BCUT2D eigenvalue weighted by atomic mass is 32.2. The van der Waals surface area contributed by atoms with Crippen LogP contribution in [-0.4, -0.2) is 30.8 Å². The molecule has 1 fully saturated rings. The smallest absolute Gasteiger partial charge is 0.0621 e. The Morgan fingerprint density at radius 3 is 2.69 bits per heavy atom. The van der Waals surface area contributed by atoms with Gasteiger partial charge in [-0.05, 0) is 12.8 Å². The van der Waals surface area contributed by atoms with Crippen LogP contribution in [0.3, 0.4) is 0 Å². The summed E-state index contributed by atoms with van der Waals surface area (Å²) in [4.78, 5) is 0. The molecule has 78 valence electrons. The van der Waals surface area contributed by atoms with Crippen LogP contribution in [0.5, 0.6) is 0 Å². The Bertz CT molecular complexity index is 126. The Labute approximate surface area is 85.6 Å². The lowest BCUT2D eigenvalue weighted by Gasteiger charge is -2.22. The van der Waals surface area contributed by atoms with Gasteiger partial charge in [0.25, 0.3) is 0 Å². The molecular formula is C10H21NOS. The predicted molar refractivity (Wildman–Crippen MR) is 59.2 cm³/mol. The van der Waals surface area contributed by atoms with Crippen molar-refractivity contribution in [1.82, 2.24) is 0 Å². The molecule has 0 aromatic rings. The van der Waals surface area contributed by atoms with Gasteiger partial charge in [0.15, 0.2) is 0 Å². The van der Waals surface area contributed by atoms with Gasteiger partial charge in [0, 0.05) is 24.2 Å². The summed E-state index contributed by atoms with van der Waals surface area (Å²) in [5.41, 5.74) is 5.86. The van der Waals surface area contributed by atoms with Crippen LogP contribution >= 0.6 is 11.8 Å². The Morgan fingerprint density at radius 2 is 2.08 bits per heavy atom. The second kappa shape index (κ2) is 6.68. The zero-order valence-electron chi connectivity index (χ0n) is 8.50. The van der Waals surface area contributed by atoms with E-state index in [1.54, 1.807) is 7.11 Å². The van der Waals surface area contributed by atoms with Gasteiger partial charge in [-0.25, -0.2) is 0 Å². The topological polar surface area (TPSA) is 35.2 Å². The van der Waals surface area contributed by atoms with Crippen LogP contribution in [0, 0.1) is 0 Å². The van der Waals surface area contributed by atoms with Crippen molar-refractivity contribution in [1.29, 1.82) is 0 Å². The van der Waals surface area contributed by atoms with E-state index in [4.69, 9.17) is 10.5 Å². The lowest BCUT2D eigenvalue weighted by molar-refractivity contribution is 0.186. The molecule has 2 nitrogen and oxygen atoms in total. The highest BCUT2D eigenvalue weighted by Gasteiger charge is 2.14. The van der Waals surface area contributed by atoms with Gasteiger partial charge in [0.1, 0.15) is 0 Å².